The van der Waals surface area contributed by atoms with Gasteiger partial charge in [0, 0.05) is 10.5 Å². The Bertz CT molecular complexity index is 523. The molecule has 1 aliphatic rings. The topological polar surface area (TPSA) is 52.0 Å². The zero-order valence-electron chi connectivity index (χ0n) is 8.82. The second-order valence-corrected chi connectivity index (χ2v) is 5.28. The normalized spacial score (nSPS) is 25.4. The van der Waals surface area contributed by atoms with Crippen LogP contribution in [0.1, 0.15) is 31.1 Å². The van der Waals surface area contributed by atoms with E-state index in [2.05, 4.69) is 20.9 Å². The first-order chi connectivity index (χ1) is 7.74. The van der Waals surface area contributed by atoms with E-state index in [1.807, 2.05) is 18.2 Å². The maximum atomic E-state index is 6.05. The monoisotopic (exact) mass is 280 g/mol. The SMILES string of the molecule is NC1CCCC1c1nc2cc(Br)ccc2o1. The second-order valence-electron chi connectivity index (χ2n) is 4.37. The maximum absolute atomic E-state index is 6.05. The van der Waals surface area contributed by atoms with E-state index >= 15 is 0 Å². The van der Waals surface area contributed by atoms with Crippen molar-refractivity contribution in [1.29, 1.82) is 0 Å². The molecule has 1 aromatic carbocycles. The van der Waals surface area contributed by atoms with Gasteiger partial charge in [0.05, 0.1) is 5.92 Å². The van der Waals surface area contributed by atoms with Crippen molar-refractivity contribution in [2.24, 2.45) is 5.73 Å². The Labute approximate surface area is 102 Å². The Hall–Kier alpha value is -0.870. The molecule has 1 aliphatic carbocycles. The standard InChI is InChI=1S/C12H13BrN2O/c13-7-4-5-11-10(6-7)15-12(16-11)8-2-1-3-9(8)14/h4-6,8-9H,1-3,14H2. The average Bonchev–Trinajstić information content (AvgIpc) is 2.82. The van der Waals surface area contributed by atoms with Gasteiger partial charge in [0.15, 0.2) is 11.5 Å². The third kappa shape index (κ3) is 1.66. The van der Waals surface area contributed by atoms with Crippen LogP contribution in [0.5, 0.6) is 0 Å². The highest BCUT2D eigenvalue weighted by Crippen LogP contribution is 2.34. The van der Waals surface area contributed by atoms with E-state index in [0.29, 0.717) is 5.92 Å². The van der Waals surface area contributed by atoms with Crippen molar-refractivity contribution in [1.82, 2.24) is 4.98 Å². The van der Waals surface area contributed by atoms with Crippen molar-refractivity contribution >= 4 is 27.0 Å². The molecule has 2 atom stereocenters. The Morgan fingerprint density at radius 2 is 2.25 bits per heavy atom. The van der Waals surface area contributed by atoms with E-state index in [0.717, 1.165) is 34.3 Å². The first kappa shape index (κ1) is 10.3. The number of hydrogen-bond acceptors (Lipinski definition) is 3. The molecule has 1 fully saturated rings. The highest BCUT2D eigenvalue weighted by Gasteiger charge is 2.29. The number of benzene rings is 1. The van der Waals surface area contributed by atoms with Crippen LogP contribution in [-0.4, -0.2) is 11.0 Å². The molecule has 2 unspecified atom stereocenters. The summed E-state index contributed by atoms with van der Waals surface area (Å²) >= 11 is 3.43. The fraction of sp³-hybridized carbons (Fsp3) is 0.417. The molecule has 0 aliphatic heterocycles. The predicted molar refractivity (Wildman–Crippen MR) is 66.3 cm³/mol. The van der Waals surface area contributed by atoms with Gasteiger partial charge in [0.2, 0.25) is 0 Å². The molecule has 1 saturated carbocycles. The smallest absolute Gasteiger partial charge is 0.200 e. The number of fused-ring (bicyclic) bond motifs is 1. The molecule has 16 heavy (non-hydrogen) atoms. The number of nitrogens with zero attached hydrogens (tertiary/aromatic N) is 1. The lowest BCUT2D eigenvalue weighted by Gasteiger charge is -2.09. The molecule has 0 spiro atoms. The summed E-state index contributed by atoms with van der Waals surface area (Å²) in [6.45, 7) is 0. The molecule has 2 aromatic rings. The quantitative estimate of drug-likeness (QED) is 0.873. The van der Waals surface area contributed by atoms with Crippen molar-refractivity contribution < 1.29 is 4.42 Å². The number of aromatic nitrogens is 1. The van der Waals surface area contributed by atoms with Gasteiger partial charge in [0.1, 0.15) is 5.52 Å². The molecule has 1 heterocycles. The third-order valence-corrected chi connectivity index (χ3v) is 3.75. The summed E-state index contributed by atoms with van der Waals surface area (Å²) < 4.78 is 6.79. The fourth-order valence-corrected chi connectivity index (χ4v) is 2.72. The first-order valence-corrected chi connectivity index (χ1v) is 6.35. The fourth-order valence-electron chi connectivity index (χ4n) is 2.37. The van der Waals surface area contributed by atoms with Crippen LogP contribution in [0.2, 0.25) is 0 Å². The van der Waals surface area contributed by atoms with Gasteiger partial charge in [-0.1, -0.05) is 22.4 Å². The lowest BCUT2D eigenvalue weighted by molar-refractivity contribution is 0.449. The lowest BCUT2D eigenvalue weighted by Crippen LogP contribution is -2.22. The van der Waals surface area contributed by atoms with Crippen LogP contribution in [0.25, 0.3) is 11.1 Å². The number of hydrogen-bond donors (Lipinski definition) is 1. The molecule has 0 radical (unpaired) electrons. The van der Waals surface area contributed by atoms with Crippen LogP contribution < -0.4 is 5.73 Å². The van der Waals surface area contributed by atoms with Crippen LogP contribution in [0.15, 0.2) is 27.1 Å². The second kappa shape index (κ2) is 3.86. The Morgan fingerprint density at radius 1 is 1.38 bits per heavy atom. The van der Waals surface area contributed by atoms with E-state index in [9.17, 15) is 0 Å². The number of oxazole rings is 1. The molecule has 3 nitrogen and oxygen atoms in total. The number of rotatable bonds is 1. The van der Waals surface area contributed by atoms with Crippen LogP contribution in [0.3, 0.4) is 0 Å². The van der Waals surface area contributed by atoms with Crippen LogP contribution in [0, 0.1) is 0 Å². The van der Waals surface area contributed by atoms with Gasteiger partial charge >= 0.3 is 0 Å². The molecular weight excluding hydrogens is 268 g/mol. The van der Waals surface area contributed by atoms with Gasteiger partial charge in [-0.25, -0.2) is 4.98 Å². The molecule has 1 aromatic heterocycles. The molecule has 0 saturated heterocycles. The summed E-state index contributed by atoms with van der Waals surface area (Å²) in [5.74, 6) is 1.10. The van der Waals surface area contributed by atoms with Gasteiger partial charge < -0.3 is 10.2 Å². The molecule has 4 heteroatoms. The van der Waals surface area contributed by atoms with Crippen LogP contribution in [-0.2, 0) is 0 Å². The van der Waals surface area contributed by atoms with E-state index in [4.69, 9.17) is 10.2 Å². The zero-order chi connectivity index (χ0) is 11.1. The van der Waals surface area contributed by atoms with Crippen molar-refractivity contribution in [2.45, 2.75) is 31.2 Å². The highest BCUT2D eigenvalue weighted by atomic mass is 79.9. The minimum atomic E-state index is 0.205. The summed E-state index contributed by atoms with van der Waals surface area (Å²) in [7, 11) is 0. The zero-order valence-corrected chi connectivity index (χ0v) is 10.4. The van der Waals surface area contributed by atoms with Crippen molar-refractivity contribution in [3.8, 4) is 0 Å². The minimum Gasteiger partial charge on any atom is -0.440 e. The Kier molecular flexibility index (Phi) is 2.48. The molecule has 0 amide bonds. The first-order valence-electron chi connectivity index (χ1n) is 5.55. The van der Waals surface area contributed by atoms with Crippen LogP contribution >= 0.6 is 15.9 Å². The summed E-state index contributed by atoms with van der Waals surface area (Å²) in [5.41, 5.74) is 7.80. The Morgan fingerprint density at radius 3 is 3.00 bits per heavy atom. The molecule has 0 bridgehead atoms. The van der Waals surface area contributed by atoms with Crippen molar-refractivity contribution in [2.75, 3.05) is 0 Å². The van der Waals surface area contributed by atoms with Gasteiger partial charge in [-0.05, 0) is 31.0 Å². The average molecular weight is 281 g/mol. The molecule has 84 valence electrons. The van der Waals surface area contributed by atoms with E-state index in [-0.39, 0.29) is 6.04 Å². The van der Waals surface area contributed by atoms with E-state index < -0.39 is 0 Å². The van der Waals surface area contributed by atoms with Gasteiger partial charge in [0.25, 0.3) is 0 Å². The summed E-state index contributed by atoms with van der Waals surface area (Å²) in [5, 5.41) is 0. The number of halogens is 1. The summed E-state index contributed by atoms with van der Waals surface area (Å²) in [6.07, 6.45) is 3.34. The molecular formula is C12H13BrN2O. The third-order valence-electron chi connectivity index (χ3n) is 3.25. The van der Waals surface area contributed by atoms with Gasteiger partial charge in [-0.15, -0.1) is 0 Å². The van der Waals surface area contributed by atoms with Crippen LogP contribution in [0.4, 0.5) is 0 Å². The summed E-state index contributed by atoms with van der Waals surface area (Å²) in [6, 6.07) is 6.09. The molecule has 3 rings (SSSR count). The van der Waals surface area contributed by atoms with E-state index in [1.54, 1.807) is 0 Å². The molecule has 2 N–H and O–H groups in total. The van der Waals surface area contributed by atoms with Crippen molar-refractivity contribution in [3.63, 3.8) is 0 Å². The maximum Gasteiger partial charge on any atom is 0.200 e. The highest BCUT2D eigenvalue weighted by molar-refractivity contribution is 9.10. The Balaban J connectivity index is 2.04. The van der Waals surface area contributed by atoms with E-state index in [1.165, 1.54) is 6.42 Å². The van der Waals surface area contributed by atoms with Gasteiger partial charge in [-0.2, -0.15) is 0 Å². The lowest BCUT2D eigenvalue weighted by atomic mass is 10.1. The largest absolute Gasteiger partial charge is 0.440 e. The van der Waals surface area contributed by atoms with Crippen molar-refractivity contribution in [3.05, 3.63) is 28.6 Å². The summed E-state index contributed by atoms with van der Waals surface area (Å²) in [4.78, 5) is 4.53. The minimum absolute atomic E-state index is 0.205. The predicted octanol–water partition coefficient (Wildman–Crippen LogP) is 3.19. The number of nitrogens with two attached hydrogens (primary N) is 1. The van der Waals surface area contributed by atoms with Gasteiger partial charge in [-0.3, -0.25) is 0 Å².